The van der Waals surface area contributed by atoms with Crippen LogP contribution in [-0.4, -0.2) is 57.7 Å². The van der Waals surface area contributed by atoms with Crippen LogP contribution in [0.1, 0.15) is 52.5 Å². The van der Waals surface area contributed by atoms with Crippen LogP contribution in [0, 0.1) is 6.92 Å². The molecule has 2 atom stereocenters. The van der Waals surface area contributed by atoms with Gasteiger partial charge < -0.3 is 25.4 Å². The highest BCUT2D eigenvalue weighted by Gasteiger charge is 2.30. The first-order valence-electron chi connectivity index (χ1n) is 10.3. The van der Waals surface area contributed by atoms with Gasteiger partial charge in [0.1, 0.15) is 17.7 Å². The van der Waals surface area contributed by atoms with E-state index in [0.717, 1.165) is 17.8 Å². The molecule has 1 aliphatic rings. The summed E-state index contributed by atoms with van der Waals surface area (Å²) in [5, 5.41) is 20.3. The molecule has 1 aromatic carbocycles. The van der Waals surface area contributed by atoms with Crippen molar-refractivity contribution in [2.24, 2.45) is 0 Å². The number of carbonyl (C=O) groups is 3. The van der Waals surface area contributed by atoms with Crippen LogP contribution in [0.3, 0.4) is 0 Å². The van der Waals surface area contributed by atoms with Crippen LogP contribution in [0.2, 0.25) is 0 Å². The van der Waals surface area contributed by atoms with E-state index in [0.29, 0.717) is 24.4 Å². The summed E-state index contributed by atoms with van der Waals surface area (Å²) in [5.41, 5.74) is 1.87. The number of H-pyrrole nitrogens is 1. The number of likely N-dealkylation sites (N-methyl/N-ethyl adjacent to an activating group) is 1. The molecule has 1 aliphatic heterocycles. The van der Waals surface area contributed by atoms with Gasteiger partial charge in [-0.1, -0.05) is 12.1 Å². The molecule has 0 spiro atoms. The van der Waals surface area contributed by atoms with Crippen LogP contribution in [0.15, 0.2) is 29.1 Å². The van der Waals surface area contributed by atoms with Crippen molar-refractivity contribution in [1.29, 1.82) is 0 Å². The summed E-state index contributed by atoms with van der Waals surface area (Å²) < 4.78 is 0. The van der Waals surface area contributed by atoms with Crippen LogP contribution in [-0.2, 0) is 16.0 Å². The summed E-state index contributed by atoms with van der Waals surface area (Å²) in [7, 11) is 1.92. The molecule has 3 rings (SSSR count). The molecule has 1 aromatic heterocycles. The molecule has 32 heavy (non-hydrogen) atoms. The first kappa shape index (κ1) is 23.0. The van der Waals surface area contributed by atoms with E-state index in [1.807, 2.05) is 11.9 Å². The lowest BCUT2D eigenvalue weighted by Gasteiger charge is -2.14. The van der Waals surface area contributed by atoms with Crippen LogP contribution >= 0.6 is 0 Å². The third kappa shape index (κ3) is 5.32. The number of benzene rings is 1. The van der Waals surface area contributed by atoms with E-state index in [1.165, 1.54) is 0 Å². The van der Waals surface area contributed by atoms with Crippen LogP contribution in [0.25, 0.3) is 0 Å². The lowest BCUT2D eigenvalue weighted by Crippen LogP contribution is -2.41. The van der Waals surface area contributed by atoms with Crippen molar-refractivity contribution in [2.75, 3.05) is 18.5 Å². The molecule has 0 saturated carbocycles. The zero-order chi connectivity index (χ0) is 23.4. The smallest absolute Gasteiger partial charge is 0.326 e. The number of rotatable bonds is 9. The van der Waals surface area contributed by atoms with Gasteiger partial charge in [-0.25, -0.2) is 9.78 Å². The topological polar surface area (TPSA) is 153 Å². The second-order valence-corrected chi connectivity index (χ2v) is 8.00. The van der Waals surface area contributed by atoms with Gasteiger partial charge in [-0.15, -0.1) is 0 Å². The Hall–Kier alpha value is -3.69. The minimum Gasteiger partial charge on any atom is -0.481 e. The van der Waals surface area contributed by atoms with Crippen molar-refractivity contribution in [3.05, 3.63) is 57.1 Å². The highest BCUT2D eigenvalue weighted by molar-refractivity contribution is 5.96. The van der Waals surface area contributed by atoms with E-state index in [4.69, 9.17) is 5.11 Å². The van der Waals surface area contributed by atoms with Crippen LogP contribution < -0.4 is 15.8 Å². The fourth-order valence-corrected chi connectivity index (χ4v) is 3.91. The number of nitrogens with one attached hydrogen (secondary N) is 2. The van der Waals surface area contributed by atoms with Gasteiger partial charge in [0.25, 0.3) is 11.5 Å². The number of anilines is 1. The Balaban J connectivity index is 1.61. The number of carboxylic acids is 2. The standard InChI is InChI=1S/C22H26N4O6/c1-12-23-19-18(21(30)24-12)15(11-26(19)2)8-5-13-3-6-14(7-4-13)20(29)25-16(22(31)32)9-10-17(27)28/h3-4,6-7,15-16H,5,8-11H2,1-2H3,(H,25,29)(H,27,28)(H,31,32)(H,23,24,30)/t15?,16-/m0/s1. The first-order valence-corrected chi connectivity index (χ1v) is 10.3. The van der Waals surface area contributed by atoms with E-state index >= 15 is 0 Å². The van der Waals surface area contributed by atoms with Crippen LogP contribution in [0.5, 0.6) is 0 Å². The summed E-state index contributed by atoms with van der Waals surface area (Å²) in [6.45, 7) is 2.47. The molecule has 170 valence electrons. The monoisotopic (exact) mass is 442 g/mol. The summed E-state index contributed by atoms with van der Waals surface area (Å²) in [6.07, 6.45) is 0.892. The number of amides is 1. The summed E-state index contributed by atoms with van der Waals surface area (Å²) in [5.74, 6) is -1.62. The number of aromatic amines is 1. The molecule has 0 saturated heterocycles. The molecular weight excluding hydrogens is 416 g/mol. The highest BCUT2D eigenvalue weighted by Crippen LogP contribution is 2.33. The van der Waals surface area contributed by atoms with Gasteiger partial charge in [0.15, 0.2) is 0 Å². The number of carbonyl (C=O) groups excluding carboxylic acids is 1. The van der Waals surface area contributed by atoms with Crippen molar-refractivity contribution >= 4 is 23.7 Å². The lowest BCUT2D eigenvalue weighted by atomic mass is 9.95. The summed E-state index contributed by atoms with van der Waals surface area (Å²) in [4.78, 5) is 55.9. The van der Waals surface area contributed by atoms with Gasteiger partial charge >= 0.3 is 11.9 Å². The summed E-state index contributed by atoms with van der Waals surface area (Å²) >= 11 is 0. The Morgan fingerprint density at radius 1 is 1.25 bits per heavy atom. The Morgan fingerprint density at radius 2 is 1.94 bits per heavy atom. The Labute approximate surface area is 184 Å². The van der Waals surface area contributed by atoms with Gasteiger partial charge in [-0.2, -0.15) is 0 Å². The second kappa shape index (κ2) is 9.63. The van der Waals surface area contributed by atoms with Gasteiger partial charge in [-0.05, 0) is 43.9 Å². The molecule has 10 heteroatoms. The normalized spacial score (nSPS) is 15.8. The van der Waals surface area contributed by atoms with E-state index in [2.05, 4.69) is 15.3 Å². The summed E-state index contributed by atoms with van der Waals surface area (Å²) in [6, 6.07) is 5.52. The fourth-order valence-electron chi connectivity index (χ4n) is 3.91. The van der Waals surface area contributed by atoms with Crippen molar-refractivity contribution in [3.63, 3.8) is 0 Å². The van der Waals surface area contributed by atoms with Crippen molar-refractivity contribution in [2.45, 2.75) is 44.6 Å². The number of carboxylic acid groups (broad SMARTS) is 2. The number of nitrogens with zero attached hydrogens (tertiary/aromatic N) is 2. The van der Waals surface area contributed by atoms with Crippen molar-refractivity contribution in [1.82, 2.24) is 15.3 Å². The molecule has 0 bridgehead atoms. The van der Waals surface area contributed by atoms with Crippen LogP contribution in [0.4, 0.5) is 5.82 Å². The zero-order valence-corrected chi connectivity index (χ0v) is 17.9. The number of aryl methyl sites for hydroxylation is 2. The third-order valence-corrected chi connectivity index (χ3v) is 5.57. The Morgan fingerprint density at radius 3 is 2.56 bits per heavy atom. The number of hydrogen-bond donors (Lipinski definition) is 4. The molecule has 0 aliphatic carbocycles. The number of hydrogen-bond acceptors (Lipinski definition) is 6. The maximum atomic E-state index is 12.4. The average molecular weight is 442 g/mol. The molecule has 1 amide bonds. The second-order valence-electron chi connectivity index (χ2n) is 8.00. The molecule has 0 fully saturated rings. The number of aliphatic carboxylic acids is 2. The van der Waals surface area contributed by atoms with E-state index < -0.39 is 23.9 Å². The number of aromatic nitrogens is 2. The zero-order valence-electron chi connectivity index (χ0n) is 17.9. The van der Waals surface area contributed by atoms with Gasteiger partial charge in [0.05, 0.1) is 5.56 Å². The quantitative estimate of drug-likeness (QED) is 0.453. The predicted molar refractivity (Wildman–Crippen MR) is 116 cm³/mol. The van der Waals surface area contributed by atoms with E-state index in [1.54, 1.807) is 31.2 Å². The van der Waals surface area contributed by atoms with Crippen molar-refractivity contribution in [3.8, 4) is 0 Å². The molecule has 1 unspecified atom stereocenters. The minimum absolute atomic E-state index is 0.0559. The molecule has 2 aromatic rings. The maximum absolute atomic E-state index is 12.4. The molecular formula is C22H26N4O6. The highest BCUT2D eigenvalue weighted by atomic mass is 16.4. The maximum Gasteiger partial charge on any atom is 0.326 e. The Kier molecular flexibility index (Phi) is 6.92. The van der Waals surface area contributed by atoms with Gasteiger partial charge in [-0.3, -0.25) is 14.4 Å². The molecule has 0 radical (unpaired) electrons. The largest absolute Gasteiger partial charge is 0.481 e. The third-order valence-electron chi connectivity index (χ3n) is 5.57. The fraction of sp³-hybridized carbons (Fsp3) is 0.409. The van der Waals surface area contributed by atoms with E-state index in [-0.39, 0.29) is 29.9 Å². The molecule has 2 heterocycles. The van der Waals surface area contributed by atoms with E-state index in [9.17, 15) is 24.3 Å². The van der Waals surface area contributed by atoms with Gasteiger partial charge in [0.2, 0.25) is 0 Å². The van der Waals surface area contributed by atoms with Gasteiger partial charge in [0, 0.05) is 31.5 Å². The van der Waals surface area contributed by atoms with Crippen molar-refractivity contribution < 1.29 is 24.6 Å². The molecule has 4 N–H and O–H groups in total. The lowest BCUT2D eigenvalue weighted by molar-refractivity contribution is -0.140. The average Bonchev–Trinajstić information content (AvgIpc) is 3.05. The first-order chi connectivity index (χ1) is 15.2. The Bertz CT molecular complexity index is 1080. The SMILES string of the molecule is Cc1nc2c(c(=O)[nH]1)C(CCc1ccc(C(=O)N[C@@H](CCC(=O)O)C(=O)O)cc1)CN2C. The minimum atomic E-state index is -1.28. The predicted octanol–water partition coefficient (Wildman–Crippen LogP) is 1.29. The number of fused-ring (bicyclic) bond motifs is 1. The molecule has 10 nitrogen and oxygen atoms in total.